The quantitative estimate of drug-likeness (QED) is 0.393. The number of ether oxygens (including phenoxy) is 2. The lowest BCUT2D eigenvalue weighted by atomic mass is 10.0. The molecule has 0 radical (unpaired) electrons. The summed E-state index contributed by atoms with van der Waals surface area (Å²) < 4.78 is 38.0. The van der Waals surface area contributed by atoms with E-state index >= 15 is 0 Å². The van der Waals surface area contributed by atoms with Crippen LogP contribution in [0.15, 0.2) is 78.9 Å². The number of carbonyl (C=O) groups excluding carboxylic acids is 2. The van der Waals surface area contributed by atoms with E-state index in [1.165, 1.54) is 4.90 Å². The molecule has 0 saturated carbocycles. The third-order valence-electron chi connectivity index (χ3n) is 6.31. The van der Waals surface area contributed by atoms with Crippen molar-refractivity contribution in [2.45, 2.75) is 25.9 Å². The van der Waals surface area contributed by atoms with Crippen molar-refractivity contribution in [1.82, 2.24) is 10.2 Å². The number of likely N-dealkylation sites (N-methyl/N-ethyl adjacent to an activating group) is 1. The Morgan fingerprint density at radius 2 is 1.51 bits per heavy atom. The zero-order chi connectivity index (χ0) is 27.8. The molecule has 2 amide bonds. The first-order valence-corrected chi connectivity index (χ1v) is 14.6. The molecule has 0 spiro atoms. The Kier molecular flexibility index (Phi) is 9.08. The van der Waals surface area contributed by atoms with Crippen LogP contribution in [0.5, 0.6) is 11.5 Å². The topological polar surface area (TPSA) is 105 Å². The lowest BCUT2D eigenvalue weighted by Gasteiger charge is -2.33. The van der Waals surface area contributed by atoms with Gasteiger partial charge in [-0.25, -0.2) is 8.42 Å². The van der Waals surface area contributed by atoms with Crippen LogP contribution in [-0.4, -0.2) is 63.7 Å². The van der Waals surface area contributed by atoms with Gasteiger partial charge in [-0.2, -0.15) is 0 Å². The van der Waals surface area contributed by atoms with Crippen molar-refractivity contribution in [3.05, 3.63) is 90.0 Å². The Hall–Kier alpha value is -4.05. The van der Waals surface area contributed by atoms with Crippen LogP contribution < -0.4 is 19.1 Å². The van der Waals surface area contributed by atoms with E-state index in [1.807, 2.05) is 67.6 Å². The smallest absolute Gasteiger partial charge is 0.244 e. The molecule has 206 valence electrons. The summed E-state index contributed by atoms with van der Waals surface area (Å²) in [6, 6.07) is 22.6. The first-order valence-electron chi connectivity index (χ1n) is 12.8. The number of sulfonamides is 1. The lowest BCUT2D eigenvalue weighted by Crippen LogP contribution is -2.53. The van der Waals surface area contributed by atoms with Gasteiger partial charge in [0.25, 0.3) is 0 Å². The lowest BCUT2D eigenvalue weighted by molar-refractivity contribution is -0.140. The molecule has 1 heterocycles. The molecule has 0 aromatic heterocycles. The van der Waals surface area contributed by atoms with Gasteiger partial charge < -0.3 is 19.7 Å². The van der Waals surface area contributed by atoms with Crippen molar-refractivity contribution in [3.63, 3.8) is 0 Å². The molecule has 3 aromatic carbocycles. The first-order chi connectivity index (χ1) is 18.8. The molecule has 0 fully saturated rings. The molecule has 1 aliphatic heterocycles. The average molecular weight is 552 g/mol. The van der Waals surface area contributed by atoms with E-state index in [9.17, 15) is 18.0 Å². The van der Waals surface area contributed by atoms with Crippen LogP contribution in [0, 0.1) is 0 Å². The van der Waals surface area contributed by atoms with Crippen molar-refractivity contribution in [2.24, 2.45) is 0 Å². The molecule has 3 aromatic rings. The van der Waals surface area contributed by atoms with E-state index < -0.39 is 28.5 Å². The molecule has 0 aliphatic carbocycles. The Morgan fingerprint density at radius 1 is 0.897 bits per heavy atom. The molecule has 1 aliphatic rings. The number of nitrogens with one attached hydrogen (secondary N) is 1. The van der Waals surface area contributed by atoms with E-state index in [2.05, 4.69) is 5.32 Å². The van der Waals surface area contributed by atoms with Gasteiger partial charge in [0.05, 0.1) is 11.9 Å². The van der Waals surface area contributed by atoms with Crippen molar-refractivity contribution < 1.29 is 27.5 Å². The molecular weight excluding hydrogens is 518 g/mol. The van der Waals surface area contributed by atoms with Crippen molar-refractivity contribution in [2.75, 3.05) is 36.9 Å². The van der Waals surface area contributed by atoms with Gasteiger partial charge in [0.2, 0.25) is 21.8 Å². The van der Waals surface area contributed by atoms with Gasteiger partial charge in [-0.3, -0.25) is 13.9 Å². The summed E-state index contributed by atoms with van der Waals surface area (Å²) in [5, 5.41) is 2.84. The fourth-order valence-corrected chi connectivity index (χ4v) is 5.27. The maximum absolute atomic E-state index is 14.0. The van der Waals surface area contributed by atoms with E-state index in [0.29, 0.717) is 31.3 Å². The summed E-state index contributed by atoms with van der Waals surface area (Å²) in [4.78, 5) is 28.8. The number of carbonyl (C=O) groups is 2. The number of nitrogens with zero attached hydrogens (tertiary/aromatic N) is 2. The molecule has 39 heavy (non-hydrogen) atoms. The number of anilines is 1. The Labute approximate surface area is 229 Å². The summed E-state index contributed by atoms with van der Waals surface area (Å²) in [5.74, 6) is 0.0992. The van der Waals surface area contributed by atoms with Crippen molar-refractivity contribution in [1.29, 1.82) is 0 Å². The van der Waals surface area contributed by atoms with Crippen LogP contribution in [0.25, 0.3) is 0 Å². The number of amides is 2. The van der Waals surface area contributed by atoms with E-state index in [4.69, 9.17) is 9.47 Å². The number of hydrogen-bond acceptors (Lipinski definition) is 6. The summed E-state index contributed by atoms with van der Waals surface area (Å²) >= 11 is 0. The van der Waals surface area contributed by atoms with Crippen LogP contribution in [0.1, 0.15) is 18.1 Å². The Morgan fingerprint density at radius 3 is 2.13 bits per heavy atom. The molecule has 0 saturated heterocycles. The van der Waals surface area contributed by atoms with Gasteiger partial charge in [0.1, 0.15) is 25.8 Å². The van der Waals surface area contributed by atoms with Gasteiger partial charge in [-0.05, 0) is 30.2 Å². The van der Waals surface area contributed by atoms with Gasteiger partial charge in [-0.15, -0.1) is 0 Å². The Bertz CT molecular complexity index is 1380. The number of fused-ring (bicyclic) bond motifs is 1. The number of rotatable bonds is 11. The third-order valence-corrected chi connectivity index (χ3v) is 7.45. The minimum atomic E-state index is -3.87. The fraction of sp³-hybridized carbons (Fsp3) is 0.310. The number of benzene rings is 3. The van der Waals surface area contributed by atoms with Gasteiger partial charge >= 0.3 is 0 Å². The second kappa shape index (κ2) is 12.7. The zero-order valence-electron chi connectivity index (χ0n) is 22.1. The Balaban J connectivity index is 1.70. The van der Waals surface area contributed by atoms with E-state index in [0.717, 1.165) is 21.7 Å². The van der Waals surface area contributed by atoms with E-state index in [1.54, 1.807) is 18.2 Å². The molecule has 0 bridgehead atoms. The van der Waals surface area contributed by atoms with Crippen LogP contribution in [0.2, 0.25) is 0 Å². The SMILES string of the molecule is CCNC(=O)[C@@H](Cc1ccccc1)N(Cc1ccccc1)C(=O)CN(c1ccc2c(c1)OCCO2)S(C)(=O)=O. The maximum Gasteiger partial charge on any atom is 0.244 e. The van der Waals surface area contributed by atoms with Crippen LogP contribution >= 0.6 is 0 Å². The van der Waals surface area contributed by atoms with Crippen LogP contribution in [-0.2, 0) is 32.6 Å². The minimum absolute atomic E-state index is 0.132. The van der Waals surface area contributed by atoms with Crippen molar-refractivity contribution in [3.8, 4) is 11.5 Å². The largest absolute Gasteiger partial charge is 0.486 e. The number of hydrogen-bond donors (Lipinski definition) is 1. The predicted octanol–water partition coefficient (Wildman–Crippen LogP) is 3.00. The van der Waals surface area contributed by atoms with Gasteiger partial charge in [0, 0.05) is 25.6 Å². The monoisotopic (exact) mass is 551 g/mol. The molecule has 4 rings (SSSR count). The van der Waals surface area contributed by atoms with Gasteiger partial charge in [-0.1, -0.05) is 60.7 Å². The van der Waals surface area contributed by atoms with Crippen LogP contribution in [0.4, 0.5) is 5.69 Å². The summed E-state index contributed by atoms with van der Waals surface area (Å²) in [7, 11) is -3.87. The molecule has 10 heteroatoms. The zero-order valence-corrected chi connectivity index (χ0v) is 22.9. The average Bonchev–Trinajstić information content (AvgIpc) is 2.94. The maximum atomic E-state index is 14.0. The predicted molar refractivity (Wildman–Crippen MR) is 149 cm³/mol. The highest BCUT2D eigenvalue weighted by molar-refractivity contribution is 7.92. The molecule has 9 nitrogen and oxygen atoms in total. The first kappa shape index (κ1) is 28.0. The molecule has 1 atom stereocenters. The second-order valence-corrected chi connectivity index (χ2v) is 11.1. The summed E-state index contributed by atoms with van der Waals surface area (Å²) in [6.07, 6.45) is 1.32. The normalized spacial score (nSPS) is 13.3. The highest BCUT2D eigenvalue weighted by Gasteiger charge is 2.33. The molecule has 0 unspecified atom stereocenters. The highest BCUT2D eigenvalue weighted by atomic mass is 32.2. The molecule has 1 N–H and O–H groups in total. The third kappa shape index (κ3) is 7.29. The highest BCUT2D eigenvalue weighted by Crippen LogP contribution is 2.34. The minimum Gasteiger partial charge on any atom is -0.486 e. The van der Waals surface area contributed by atoms with Gasteiger partial charge in [0.15, 0.2) is 11.5 Å². The summed E-state index contributed by atoms with van der Waals surface area (Å²) in [5.41, 5.74) is 1.97. The molecular formula is C29H33N3O6S. The standard InChI is InChI=1S/C29H33N3O6S/c1-3-30-29(34)25(18-22-10-6-4-7-11-22)31(20-23-12-8-5-9-13-23)28(33)21-32(39(2,35)36)24-14-15-26-27(19-24)38-17-16-37-26/h4-15,19,25H,3,16-18,20-21H2,1-2H3,(H,30,34)/t25-/m1/s1. The van der Waals surface area contributed by atoms with Crippen LogP contribution in [0.3, 0.4) is 0 Å². The van der Waals surface area contributed by atoms with Crippen molar-refractivity contribution >= 4 is 27.5 Å². The fourth-order valence-electron chi connectivity index (χ4n) is 4.43. The summed E-state index contributed by atoms with van der Waals surface area (Å²) in [6.45, 7) is 2.59. The second-order valence-electron chi connectivity index (χ2n) is 9.20. The van der Waals surface area contributed by atoms with E-state index in [-0.39, 0.29) is 24.6 Å².